The number of piperazine rings is 1. The SMILES string of the molecule is CC(C)C1CNC(C2CC2)CN1C1C2C3CCC(C3)C21. The van der Waals surface area contributed by atoms with Crippen LogP contribution in [-0.2, 0) is 0 Å². The summed E-state index contributed by atoms with van der Waals surface area (Å²) in [5, 5.41) is 3.89. The fourth-order valence-corrected chi connectivity index (χ4v) is 6.31. The Morgan fingerprint density at radius 2 is 1.60 bits per heavy atom. The average Bonchev–Trinajstić information content (AvgIpc) is 3.36. The zero-order valence-electron chi connectivity index (χ0n) is 13.1. The molecule has 5 rings (SSSR count). The minimum absolute atomic E-state index is 0.806. The highest BCUT2D eigenvalue weighted by Crippen LogP contribution is 2.67. The van der Waals surface area contributed by atoms with Crippen LogP contribution in [0.4, 0.5) is 0 Å². The Morgan fingerprint density at radius 1 is 0.950 bits per heavy atom. The maximum atomic E-state index is 3.89. The molecule has 0 aromatic carbocycles. The van der Waals surface area contributed by atoms with Crippen molar-refractivity contribution in [3.8, 4) is 0 Å². The lowest BCUT2D eigenvalue weighted by atomic mass is 9.94. The van der Waals surface area contributed by atoms with Crippen molar-refractivity contribution in [3.05, 3.63) is 0 Å². The molecule has 6 unspecified atom stereocenters. The molecule has 0 spiro atoms. The summed E-state index contributed by atoms with van der Waals surface area (Å²) >= 11 is 0. The first-order chi connectivity index (χ1) is 9.74. The van der Waals surface area contributed by atoms with Crippen molar-refractivity contribution >= 4 is 0 Å². The first-order valence-corrected chi connectivity index (χ1v) is 9.23. The van der Waals surface area contributed by atoms with Crippen LogP contribution in [0.25, 0.3) is 0 Å². The minimum atomic E-state index is 0.806. The monoisotopic (exact) mass is 274 g/mol. The van der Waals surface area contributed by atoms with Gasteiger partial charge in [-0.15, -0.1) is 0 Å². The number of fused-ring (bicyclic) bond motifs is 5. The molecule has 1 saturated heterocycles. The summed E-state index contributed by atoms with van der Waals surface area (Å²) in [5.74, 6) is 6.30. The average molecular weight is 274 g/mol. The van der Waals surface area contributed by atoms with Gasteiger partial charge in [0.15, 0.2) is 0 Å². The van der Waals surface area contributed by atoms with Crippen molar-refractivity contribution < 1.29 is 0 Å². The van der Waals surface area contributed by atoms with Crippen molar-refractivity contribution in [1.29, 1.82) is 0 Å². The van der Waals surface area contributed by atoms with Gasteiger partial charge in [-0.25, -0.2) is 0 Å². The van der Waals surface area contributed by atoms with Crippen molar-refractivity contribution in [1.82, 2.24) is 10.2 Å². The Bertz CT molecular complexity index is 386. The molecule has 5 aliphatic rings. The highest BCUT2D eigenvalue weighted by molar-refractivity contribution is 5.19. The number of nitrogens with zero attached hydrogens (tertiary/aromatic N) is 1. The topological polar surface area (TPSA) is 15.3 Å². The molecule has 4 saturated carbocycles. The van der Waals surface area contributed by atoms with Gasteiger partial charge in [-0.1, -0.05) is 13.8 Å². The molecule has 6 atom stereocenters. The molecule has 0 aromatic heterocycles. The smallest absolute Gasteiger partial charge is 0.0247 e. The molecule has 2 nitrogen and oxygen atoms in total. The molecule has 1 heterocycles. The van der Waals surface area contributed by atoms with Crippen LogP contribution in [0.2, 0.25) is 0 Å². The summed E-state index contributed by atoms with van der Waals surface area (Å²) in [5.41, 5.74) is 0. The van der Waals surface area contributed by atoms with Crippen LogP contribution in [0.5, 0.6) is 0 Å². The molecular formula is C18H30N2. The quantitative estimate of drug-likeness (QED) is 0.851. The van der Waals surface area contributed by atoms with E-state index in [1.54, 1.807) is 19.3 Å². The lowest BCUT2D eigenvalue weighted by molar-refractivity contribution is 0.0681. The number of hydrogen-bond donors (Lipinski definition) is 1. The Kier molecular flexibility index (Phi) is 2.63. The lowest BCUT2D eigenvalue weighted by Crippen LogP contribution is -2.60. The first-order valence-electron chi connectivity index (χ1n) is 9.23. The molecule has 2 heteroatoms. The number of rotatable bonds is 3. The van der Waals surface area contributed by atoms with E-state index < -0.39 is 0 Å². The molecular weight excluding hydrogens is 244 g/mol. The van der Waals surface area contributed by atoms with Gasteiger partial charge >= 0.3 is 0 Å². The van der Waals surface area contributed by atoms with Crippen LogP contribution < -0.4 is 5.32 Å². The minimum Gasteiger partial charge on any atom is -0.311 e. The second-order valence-corrected chi connectivity index (χ2v) is 8.84. The summed E-state index contributed by atoms with van der Waals surface area (Å²) in [7, 11) is 0. The van der Waals surface area contributed by atoms with E-state index in [4.69, 9.17) is 0 Å². The molecule has 20 heavy (non-hydrogen) atoms. The van der Waals surface area contributed by atoms with Crippen molar-refractivity contribution in [2.24, 2.45) is 35.5 Å². The predicted molar refractivity (Wildman–Crippen MR) is 81.4 cm³/mol. The summed E-state index contributed by atoms with van der Waals surface area (Å²) < 4.78 is 0. The highest BCUT2D eigenvalue weighted by Gasteiger charge is 2.67. The van der Waals surface area contributed by atoms with Crippen LogP contribution in [0.15, 0.2) is 0 Å². The van der Waals surface area contributed by atoms with E-state index in [1.165, 1.54) is 25.9 Å². The Labute approximate surface area is 123 Å². The van der Waals surface area contributed by atoms with Gasteiger partial charge < -0.3 is 5.32 Å². The highest BCUT2D eigenvalue weighted by atomic mass is 15.3. The van der Waals surface area contributed by atoms with Gasteiger partial charge in [0.05, 0.1) is 0 Å². The molecule has 0 aromatic rings. The van der Waals surface area contributed by atoms with E-state index >= 15 is 0 Å². The van der Waals surface area contributed by atoms with E-state index in [2.05, 4.69) is 24.1 Å². The first kappa shape index (κ1) is 12.5. The fraction of sp³-hybridized carbons (Fsp3) is 1.00. The van der Waals surface area contributed by atoms with E-state index in [0.717, 1.165) is 53.6 Å². The Hall–Kier alpha value is -0.0800. The standard InChI is InChI=1S/C18H30N2/c1-10(2)15-8-19-14(11-3-4-11)9-20(15)18-16-12-5-6-13(7-12)17(16)18/h10-19H,3-9H2,1-2H3. The maximum Gasteiger partial charge on any atom is 0.0247 e. The van der Waals surface area contributed by atoms with Gasteiger partial charge in [0.25, 0.3) is 0 Å². The van der Waals surface area contributed by atoms with Gasteiger partial charge in [-0.2, -0.15) is 0 Å². The maximum absolute atomic E-state index is 3.89. The van der Waals surface area contributed by atoms with Crippen LogP contribution in [0.1, 0.15) is 46.0 Å². The third-order valence-electron chi connectivity index (χ3n) is 7.46. The van der Waals surface area contributed by atoms with Crippen LogP contribution in [-0.4, -0.2) is 36.1 Å². The lowest BCUT2D eigenvalue weighted by Gasteiger charge is -2.44. The molecule has 2 bridgehead atoms. The van der Waals surface area contributed by atoms with E-state index in [9.17, 15) is 0 Å². The van der Waals surface area contributed by atoms with Crippen LogP contribution >= 0.6 is 0 Å². The zero-order valence-corrected chi connectivity index (χ0v) is 13.1. The number of nitrogens with one attached hydrogen (secondary N) is 1. The van der Waals surface area contributed by atoms with E-state index in [0.29, 0.717) is 0 Å². The number of hydrogen-bond acceptors (Lipinski definition) is 2. The summed E-state index contributed by atoms with van der Waals surface area (Å²) in [6, 6.07) is 2.63. The Morgan fingerprint density at radius 3 is 2.20 bits per heavy atom. The third-order valence-corrected chi connectivity index (χ3v) is 7.46. The van der Waals surface area contributed by atoms with Crippen molar-refractivity contribution in [3.63, 3.8) is 0 Å². The third kappa shape index (κ3) is 1.70. The normalized spacial score (nSPS) is 54.5. The predicted octanol–water partition coefficient (Wildman–Crippen LogP) is 2.74. The Balaban J connectivity index is 1.36. The van der Waals surface area contributed by atoms with Gasteiger partial charge in [-0.3, -0.25) is 4.90 Å². The van der Waals surface area contributed by atoms with Crippen LogP contribution in [0.3, 0.4) is 0 Å². The second-order valence-electron chi connectivity index (χ2n) is 8.84. The summed E-state index contributed by atoms with van der Waals surface area (Å²) in [6.45, 7) is 7.49. The van der Waals surface area contributed by atoms with Crippen molar-refractivity contribution in [2.45, 2.75) is 64.1 Å². The largest absolute Gasteiger partial charge is 0.311 e. The molecule has 5 fully saturated rings. The van der Waals surface area contributed by atoms with Gasteiger partial charge in [0.2, 0.25) is 0 Å². The fourth-order valence-electron chi connectivity index (χ4n) is 6.31. The van der Waals surface area contributed by atoms with Gasteiger partial charge in [-0.05, 0) is 67.6 Å². The summed E-state index contributed by atoms with van der Waals surface area (Å²) in [4.78, 5) is 3.00. The summed E-state index contributed by atoms with van der Waals surface area (Å²) in [6.07, 6.45) is 7.69. The molecule has 1 N–H and O–H groups in total. The van der Waals surface area contributed by atoms with Crippen LogP contribution in [0, 0.1) is 35.5 Å². The van der Waals surface area contributed by atoms with E-state index in [1.807, 2.05) is 0 Å². The molecule has 0 radical (unpaired) electrons. The van der Waals surface area contributed by atoms with E-state index in [-0.39, 0.29) is 0 Å². The molecule has 0 amide bonds. The zero-order chi connectivity index (χ0) is 13.4. The van der Waals surface area contributed by atoms with Crippen molar-refractivity contribution in [2.75, 3.05) is 13.1 Å². The molecule has 4 aliphatic carbocycles. The molecule has 112 valence electrons. The molecule has 1 aliphatic heterocycles. The second kappa shape index (κ2) is 4.23. The van der Waals surface area contributed by atoms with Gasteiger partial charge in [0.1, 0.15) is 0 Å². The van der Waals surface area contributed by atoms with Gasteiger partial charge in [0, 0.05) is 31.2 Å².